The van der Waals surface area contributed by atoms with E-state index < -0.39 is 15.9 Å². The first-order chi connectivity index (χ1) is 13.2. The first kappa shape index (κ1) is 22.5. The number of rotatable bonds is 8. The fraction of sp³-hybridized carbons (Fsp3) is 0.600. The Morgan fingerprint density at radius 3 is 2.32 bits per heavy atom. The summed E-state index contributed by atoms with van der Waals surface area (Å²) < 4.78 is 32.2. The standard InChI is InChI=1S/C20H31N3O4S/c1-15(2)12-18(13-16(3)4)21-22-20(24)17-6-5-7-19(14-17)28(25,26)23-8-10-27-11-9-23/h5-7,14-16H,8-13H2,1-4H3,(H,22,24). The van der Waals surface area contributed by atoms with Gasteiger partial charge in [0.25, 0.3) is 5.91 Å². The Morgan fingerprint density at radius 1 is 1.14 bits per heavy atom. The minimum atomic E-state index is -3.64. The van der Waals surface area contributed by atoms with E-state index in [0.717, 1.165) is 18.6 Å². The summed E-state index contributed by atoms with van der Waals surface area (Å²) in [6.07, 6.45) is 1.62. The van der Waals surface area contributed by atoms with Gasteiger partial charge in [0.1, 0.15) is 0 Å². The fourth-order valence-electron chi connectivity index (χ4n) is 3.05. The summed E-state index contributed by atoms with van der Waals surface area (Å²) in [5, 5.41) is 4.30. The molecule has 1 aromatic carbocycles. The predicted molar refractivity (Wildman–Crippen MR) is 110 cm³/mol. The molecule has 0 saturated carbocycles. The Morgan fingerprint density at radius 2 is 1.75 bits per heavy atom. The number of morpholine rings is 1. The third-order valence-electron chi connectivity index (χ3n) is 4.31. The van der Waals surface area contributed by atoms with E-state index in [1.165, 1.54) is 16.4 Å². The van der Waals surface area contributed by atoms with E-state index in [1.807, 2.05) is 0 Å². The second-order valence-electron chi connectivity index (χ2n) is 7.86. The molecule has 0 bridgehead atoms. The number of ether oxygens (including phenoxy) is 1. The summed E-state index contributed by atoms with van der Waals surface area (Å²) >= 11 is 0. The Kier molecular flexibility index (Phi) is 8.15. The first-order valence-electron chi connectivity index (χ1n) is 9.74. The highest BCUT2D eigenvalue weighted by Gasteiger charge is 2.26. The molecule has 1 N–H and O–H groups in total. The number of sulfonamides is 1. The van der Waals surface area contributed by atoms with Gasteiger partial charge in [-0.05, 0) is 42.9 Å². The highest BCUT2D eigenvalue weighted by molar-refractivity contribution is 7.89. The lowest BCUT2D eigenvalue weighted by Crippen LogP contribution is -2.40. The van der Waals surface area contributed by atoms with Gasteiger partial charge in [0.15, 0.2) is 0 Å². The molecule has 1 aliphatic rings. The van der Waals surface area contributed by atoms with Gasteiger partial charge in [-0.25, -0.2) is 13.8 Å². The zero-order chi connectivity index (χ0) is 20.7. The highest BCUT2D eigenvalue weighted by atomic mass is 32.2. The predicted octanol–water partition coefficient (Wildman–Crippen LogP) is 2.89. The van der Waals surface area contributed by atoms with Crippen molar-refractivity contribution in [2.75, 3.05) is 26.3 Å². The van der Waals surface area contributed by atoms with Gasteiger partial charge in [-0.15, -0.1) is 0 Å². The van der Waals surface area contributed by atoms with Crippen LogP contribution in [0.2, 0.25) is 0 Å². The quantitative estimate of drug-likeness (QED) is 0.528. The van der Waals surface area contributed by atoms with Crippen molar-refractivity contribution in [3.63, 3.8) is 0 Å². The van der Waals surface area contributed by atoms with Crippen molar-refractivity contribution < 1.29 is 17.9 Å². The van der Waals surface area contributed by atoms with E-state index in [2.05, 4.69) is 38.2 Å². The molecular weight excluding hydrogens is 378 g/mol. The van der Waals surface area contributed by atoms with E-state index in [4.69, 9.17) is 4.74 Å². The highest BCUT2D eigenvalue weighted by Crippen LogP contribution is 2.18. The Bertz CT molecular complexity index is 785. The summed E-state index contributed by atoms with van der Waals surface area (Å²) in [6.45, 7) is 9.82. The molecule has 1 amide bonds. The van der Waals surface area contributed by atoms with Gasteiger partial charge in [0.2, 0.25) is 10.0 Å². The molecule has 1 aromatic rings. The van der Waals surface area contributed by atoms with Crippen LogP contribution in [0.4, 0.5) is 0 Å². The minimum absolute atomic E-state index is 0.107. The number of hydrogen-bond acceptors (Lipinski definition) is 5. The summed E-state index contributed by atoms with van der Waals surface area (Å²) in [4.78, 5) is 12.6. The molecule has 0 aromatic heterocycles. The number of hydrogen-bond donors (Lipinski definition) is 1. The number of nitrogens with one attached hydrogen (secondary N) is 1. The van der Waals surface area contributed by atoms with Gasteiger partial charge in [0.05, 0.1) is 18.1 Å². The maximum Gasteiger partial charge on any atom is 0.271 e. The first-order valence-corrected chi connectivity index (χ1v) is 11.2. The lowest BCUT2D eigenvalue weighted by Gasteiger charge is -2.26. The second kappa shape index (κ2) is 10.1. The van der Waals surface area contributed by atoms with Crippen LogP contribution in [0.3, 0.4) is 0 Å². The molecule has 8 heteroatoms. The van der Waals surface area contributed by atoms with Crippen LogP contribution >= 0.6 is 0 Å². The van der Waals surface area contributed by atoms with Crippen molar-refractivity contribution in [1.29, 1.82) is 0 Å². The zero-order valence-corrected chi connectivity index (χ0v) is 18.0. The monoisotopic (exact) mass is 409 g/mol. The molecule has 1 aliphatic heterocycles. The Labute approximate surface area is 168 Å². The largest absolute Gasteiger partial charge is 0.379 e. The number of hydrazone groups is 1. The van der Waals surface area contributed by atoms with Crippen LogP contribution in [0.1, 0.15) is 50.9 Å². The molecule has 0 spiro atoms. The molecule has 0 aliphatic carbocycles. The van der Waals surface area contributed by atoms with Gasteiger partial charge in [-0.1, -0.05) is 33.8 Å². The van der Waals surface area contributed by atoms with Gasteiger partial charge in [0, 0.05) is 24.4 Å². The maximum absolute atomic E-state index is 12.8. The molecule has 0 radical (unpaired) electrons. The lowest BCUT2D eigenvalue weighted by atomic mass is 9.99. The fourth-order valence-corrected chi connectivity index (χ4v) is 4.50. The topological polar surface area (TPSA) is 88.1 Å². The summed E-state index contributed by atoms with van der Waals surface area (Å²) in [5.41, 5.74) is 3.80. The van der Waals surface area contributed by atoms with Gasteiger partial charge < -0.3 is 4.74 Å². The van der Waals surface area contributed by atoms with Gasteiger partial charge >= 0.3 is 0 Å². The second-order valence-corrected chi connectivity index (χ2v) is 9.80. The molecule has 0 unspecified atom stereocenters. The van der Waals surface area contributed by atoms with E-state index >= 15 is 0 Å². The number of nitrogens with zero attached hydrogens (tertiary/aromatic N) is 2. The van der Waals surface area contributed by atoms with Crippen molar-refractivity contribution >= 4 is 21.6 Å². The smallest absolute Gasteiger partial charge is 0.271 e. The molecule has 2 rings (SSSR count). The molecule has 7 nitrogen and oxygen atoms in total. The Balaban J connectivity index is 2.15. The van der Waals surface area contributed by atoms with Crippen LogP contribution in [-0.2, 0) is 14.8 Å². The van der Waals surface area contributed by atoms with Gasteiger partial charge in [-0.2, -0.15) is 9.41 Å². The molecule has 28 heavy (non-hydrogen) atoms. The molecule has 0 atom stereocenters. The van der Waals surface area contributed by atoms with Crippen molar-refractivity contribution in [2.24, 2.45) is 16.9 Å². The molecule has 1 fully saturated rings. The lowest BCUT2D eigenvalue weighted by molar-refractivity contribution is 0.0730. The van der Waals surface area contributed by atoms with Crippen LogP contribution in [0.5, 0.6) is 0 Å². The van der Waals surface area contributed by atoms with E-state index in [-0.39, 0.29) is 10.5 Å². The summed E-state index contributed by atoms with van der Waals surface area (Å²) in [6, 6.07) is 6.08. The number of benzene rings is 1. The van der Waals surface area contributed by atoms with E-state index in [9.17, 15) is 13.2 Å². The molecular formula is C20H31N3O4S. The third kappa shape index (κ3) is 6.39. The SMILES string of the molecule is CC(C)CC(CC(C)C)=NNC(=O)c1cccc(S(=O)(=O)N2CCOCC2)c1. The molecule has 156 valence electrons. The van der Waals surface area contributed by atoms with Crippen LogP contribution in [-0.4, -0.2) is 50.6 Å². The third-order valence-corrected chi connectivity index (χ3v) is 6.20. The normalized spacial score (nSPS) is 15.6. The zero-order valence-electron chi connectivity index (χ0n) is 17.1. The van der Waals surface area contributed by atoms with Crippen LogP contribution in [0, 0.1) is 11.8 Å². The van der Waals surface area contributed by atoms with Crippen molar-refractivity contribution in [1.82, 2.24) is 9.73 Å². The Hall–Kier alpha value is -1.77. The molecule has 1 heterocycles. The van der Waals surface area contributed by atoms with Crippen LogP contribution in [0.15, 0.2) is 34.3 Å². The van der Waals surface area contributed by atoms with Crippen LogP contribution in [0.25, 0.3) is 0 Å². The van der Waals surface area contributed by atoms with Crippen molar-refractivity contribution in [3.05, 3.63) is 29.8 Å². The average Bonchev–Trinajstić information content (AvgIpc) is 2.65. The molecule has 1 saturated heterocycles. The van der Waals surface area contributed by atoms with E-state index in [1.54, 1.807) is 12.1 Å². The maximum atomic E-state index is 12.8. The number of carbonyl (C=O) groups is 1. The minimum Gasteiger partial charge on any atom is -0.379 e. The van der Waals surface area contributed by atoms with Crippen molar-refractivity contribution in [2.45, 2.75) is 45.4 Å². The van der Waals surface area contributed by atoms with Gasteiger partial charge in [-0.3, -0.25) is 4.79 Å². The van der Waals surface area contributed by atoms with Crippen molar-refractivity contribution in [3.8, 4) is 0 Å². The number of amides is 1. The number of carbonyl (C=O) groups excluding carboxylic acids is 1. The average molecular weight is 410 g/mol. The van der Waals surface area contributed by atoms with E-state index in [0.29, 0.717) is 38.1 Å². The summed E-state index contributed by atoms with van der Waals surface area (Å²) in [5.74, 6) is 0.469. The summed E-state index contributed by atoms with van der Waals surface area (Å²) in [7, 11) is -3.64. The van der Waals surface area contributed by atoms with Crippen LogP contribution < -0.4 is 5.43 Å².